The Bertz CT molecular complexity index is 546. The number of rotatable bonds is 5. The first-order valence-corrected chi connectivity index (χ1v) is 5.30. The van der Waals surface area contributed by atoms with Crippen LogP contribution < -0.4 is 5.73 Å². The number of carbonyl (C=O) groups is 3. The lowest BCUT2D eigenvalue weighted by Crippen LogP contribution is -2.11. The molecule has 0 saturated carbocycles. The highest BCUT2D eigenvalue weighted by atomic mass is 16.4. The Morgan fingerprint density at radius 3 is 2.19 bits per heavy atom. The van der Waals surface area contributed by atoms with Gasteiger partial charge in [-0.25, -0.2) is 14.6 Å². The van der Waals surface area contributed by atoms with E-state index in [9.17, 15) is 14.4 Å². The molecule has 0 bridgehead atoms. The molecule has 114 valence electrons. The van der Waals surface area contributed by atoms with Crippen LogP contribution in [0.15, 0.2) is 28.8 Å². The van der Waals surface area contributed by atoms with Crippen molar-refractivity contribution in [2.45, 2.75) is 0 Å². The number of carbonyl (C=O) groups excluding carboxylic acids is 1. The molecule has 1 rings (SSSR count). The van der Waals surface area contributed by atoms with E-state index < -0.39 is 17.8 Å². The number of aromatic nitrogens is 2. The van der Waals surface area contributed by atoms with Gasteiger partial charge in [0, 0.05) is 26.2 Å². The number of carboxylic acid groups (broad SMARTS) is 2. The molecule has 21 heavy (non-hydrogen) atoms. The van der Waals surface area contributed by atoms with Crippen LogP contribution in [0.25, 0.3) is 0 Å². The molecule has 1 aromatic heterocycles. The molecular weight excluding hydrogens is 284 g/mol. The average molecular weight is 298 g/mol. The van der Waals surface area contributed by atoms with Crippen molar-refractivity contribution < 1.29 is 24.6 Å². The van der Waals surface area contributed by atoms with Crippen LogP contribution in [0.5, 0.6) is 0 Å². The van der Waals surface area contributed by atoms with Crippen molar-refractivity contribution in [3.05, 3.63) is 24.2 Å². The maximum atomic E-state index is 10.8. The predicted molar refractivity (Wildman–Crippen MR) is 69.7 cm³/mol. The van der Waals surface area contributed by atoms with Crippen molar-refractivity contribution in [1.29, 1.82) is 0 Å². The number of H-pyrrole nitrogens is 1. The van der Waals surface area contributed by atoms with E-state index in [1.54, 1.807) is 14.1 Å². The third-order valence-corrected chi connectivity index (χ3v) is 1.54. The predicted octanol–water partition coefficient (Wildman–Crippen LogP) is -0.219. The van der Waals surface area contributed by atoms with Crippen LogP contribution >= 0.6 is 0 Å². The van der Waals surface area contributed by atoms with Gasteiger partial charge in [-0.3, -0.25) is 9.80 Å². The van der Waals surface area contributed by atoms with E-state index in [4.69, 9.17) is 15.9 Å². The van der Waals surface area contributed by atoms with Crippen LogP contribution in [0.2, 0.25) is 0 Å². The van der Waals surface area contributed by atoms with Gasteiger partial charge >= 0.3 is 11.9 Å². The molecule has 0 aliphatic carbocycles. The quantitative estimate of drug-likeness (QED) is 0.330. The van der Waals surface area contributed by atoms with Crippen molar-refractivity contribution in [1.82, 2.24) is 15.0 Å². The number of primary amides is 1. The second-order valence-electron chi connectivity index (χ2n) is 3.51. The van der Waals surface area contributed by atoms with Crippen LogP contribution in [-0.4, -0.2) is 57.1 Å². The van der Waals surface area contributed by atoms with Gasteiger partial charge in [0.25, 0.3) is 5.91 Å². The Morgan fingerprint density at radius 1 is 1.29 bits per heavy atom. The maximum absolute atomic E-state index is 10.8. The number of hydrogen-bond acceptors (Lipinski definition) is 6. The molecule has 1 amide bonds. The standard InChI is InChI=1S/C6H10N6O.C4H4O4/c1-12(2)11-10-6-4(5(7)13)8-3-9-6;5-3(6)1-2-4(7)8/h3H,1-2H3,(H2,7,13)(H,8,9);1-2H,(H,5,6)(H,7,8)/b11-10+;2-1-. The number of imidazole rings is 1. The minimum absolute atomic E-state index is 0.0885. The first-order chi connectivity index (χ1) is 9.73. The molecule has 0 aliphatic rings. The van der Waals surface area contributed by atoms with Gasteiger partial charge in [-0.2, -0.15) is 0 Å². The van der Waals surface area contributed by atoms with Crippen molar-refractivity contribution in [3.8, 4) is 0 Å². The normalized spacial score (nSPS) is 10.2. The first-order valence-electron chi connectivity index (χ1n) is 5.30. The molecule has 0 fully saturated rings. The SMILES string of the molecule is CN(C)/N=N/c1[nH]cnc1C(N)=O.O=C(O)/C=C\C(=O)O. The molecule has 1 aromatic rings. The zero-order valence-corrected chi connectivity index (χ0v) is 11.2. The van der Waals surface area contributed by atoms with Gasteiger partial charge in [0.05, 0.1) is 6.33 Å². The highest BCUT2D eigenvalue weighted by Crippen LogP contribution is 2.12. The number of amides is 1. The summed E-state index contributed by atoms with van der Waals surface area (Å²) in [6.45, 7) is 0. The summed E-state index contributed by atoms with van der Waals surface area (Å²) in [5.74, 6) is -2.88. The van der Waals surface area contributed by atoms with Crippen molar-refractivity contribution in [2.75, 3.05) is 14.1 Å². The van der Waals surface area contributed by atoms with Gasteiger partial charge in [-0.05, 0) is 0 Å². The molecule has 11 nitrogen and oxygen atoms in total. The Kier molecular flexibility index (Phi) is 7.44. The van der Waals surface area contributed by atoms with Gasteiger partial charge in [0.1, 0.15) is 0 Å². The Morgan fingerprint density at radius 2 is 1.81 bits per heavy atom. The molecule has 0 aliphatic heterocycles. The number of hydrogen-bond donors (Lipinski definition) is 4. The second-order valence-corrected chi connectivity index (χ2v) is 3.51. The Labute approximate surface area is 118 Å². The van der Waals surface area contributed by atoms with E-state index in [-0.39, 0.29) is 11.5 Å². The summed E-state index contributed by atoms with van der Waals surface area (Å²) in [6.07, 6.45) is 2.45. The number of nitrogens with one attached hydrogen (secondary N) is 1. The largest absolute Gasteiger partial charge is 0.478 e. The van der Waals surface area contributed by atoms with Crippen LogP contribution in [0.3, 0.4) is 0 Å². The maximum Gasteiger partial charge on any atom is 0.328 e. The van der Waals surface area contributed by atoms with Gasteiger partial charge in [0.2, 0.25) is 0 Å². The molecule has 0 unspecified atom stereocenters. The molecule has 11 heteroatoms. The van der Waals surface area contributed by atoms with Crippen LogP contribution in [0.1, 0.15) is 10.5 Å². The molecule has 0 atom stereocenters. The molecule has 0 spiro atoms. The summed E-state index contributed by atoms with van der Waals surface area (Å²) in [6, 6.07) is 0. The minimum atomic E-state index is -1.26. The van der Waals surface area contributed by atoms with E-state index in [0.717, 1.165) is 0 Å². The monoisotopic (exact) mass is 298 g/mol. The van der Waals surface area contributed by atoms with Crippen molar-refractivity contribution in [3.63, 3.8) is 0 Å². The third kappa shape index (κ3) is 8.47. The summed E-state index contributed by atoms with van der Waals surface area (Å²) >= 11 is 0. The molecule has 1 heterocycles. The third-order valence-electron chi connectivity index (χ3n) is 1.54. The summed E-state index contributed by atoms with van der Waals surface area (Å²) in [5, 5.41) is 24.5. The van der Waals surface area contributed by atoms with Gasteiger partial charge in [0.15, 0.2) is 11.5 Å². The van der Waals surface area contributed by atoms with Crippen molar-refractivity contribution in [2.24, 2.45) is 16.1 Å². The highest BCUT2D eigenvalue weighted by Gasteiger charge is 2.09. The van der Waals surface area contributed by atoms with Gasteiger partial charge in [-0.1, -0.05) is 5.22 Å². The minimum Gasteiger partial charge on any atom is -0.478 e. The van der Waals surface area contributed by atoms with E-state index >= 15 is 0 Å². The van der Waals surface area contributed by atoms with E-state index in [1.165, 1.54) is 11.3 Å². The van der Waals surface area contributed by atoms with Crippen LogP contribution in [0, 0.1) is 0 Å². The average Bonchev–Trinajstić information content (AvgIpc) is 2.83. The van der Waals surface area contributed by atoms with Crippen LogP contribution in [-0.2, 0) is 9.59 Å². The summed E-state index contributed by atoms with van der Waals surface area (Å²) in [5.41, 5.74) is 5.12. The summed E-state index contributed by atoms with van der Waals surface area (Å²) in [4.78, 5) is 36.2. The highest BCUT2D eigenvalue weighted by molar-refractivity contribution is 5.94. The van der Waals surface area contributed by atoms with E-state index in [0.29, 0.717) is 12.2 Å². The number of nitrogens with two attached hydrogens (primary N) is 1. The number of aliphatic carboxylic acids is 2. The fraction of sp³-hybridized carbons (Fsp3) is 0.200. The molecule has 5 N–H and O–H groups in total. The lowest BCUT2D eigenvalue weighted by molar-refractivity contribution is -0.134. The summed E-state index contributed by atoms with van der Waals surface area (Å²) < 4.78 is 0. The fourth-order valence-corrected chi connectivity index (χ4v) is 0.821. The lowest BCUT2D eigenvalue weighted by Gasteiger charge is -1.99. The number of aromatic amines is 1. The number of carboxylic acids is 2. The summed E-state index contributed by atoms with van der Waals surface area (Å²) in [7, 11) is 3.42. The van der Waals surface area contributed by atoms with E-state index in [2.05, 4.69) is 20.3 Å². The van der Waals surface area contributed by atoms with Gasteiger partial charge < -0.3 is 20.9 Å². The molecular formula is C10H14N6O5. The Hall–Kier alpha value is -3.24. The topological polar surface area (TPSA) is 174 Å². The first kappa shape index (κ1) is 17.8. The fourth-order valence-electron chi connectivity index (χ4n) is 0.821. The second kappa shape index (κ2) is 8.79. The zero-order chi connectivity index (χ0) is 16.4. The zero-order valence-electron chi connectivity index (χ0n) is 11.2. The van der Waals surface area contributed by atoms with Crippen molar-refractivity contribution >= 4 is 23.7 Å². The molecule has 0 aromatic carbocycles. The molecule has 0 radical (unpaired) electrons. The lowest BCUT2D eigenvalue weighted by atomic mass is 10.4. The Balaban J connectivity index is 0.000000433. The number of nitrogens with zero attached hydrogens (tertiary/aromatic N) is 4. The van der Waals surface area contributed by atoms with E-state index in [1.807, 2.05) is 0 Å². The molecule has 0 saturated heterocycles. The van der Waals surface area contributed by atoms with Gasteiger partial charge in [-0.15, -0.1) is 5.11 Å². The smallest absolute Gasteiger partial charge is 0.328 e. The van der Waals surface area contributed by atoms with Crippen LogP contribution in [0.4, 0.5) is 5.82 Å².